The Kier molecular flexibility index (Phi) is 2.33. The first-order chi connectivity index (χ1) is 6.68. The maximum atomic E-state index is 9.35. The molecule has 2 rings (SSSR count). The number of nitrogens with zero attached hydrogens (tertiary/aromatic N) is 1. The van der Waals surface area contributed by atoms with Crippen LogP contribution < -0.4 is 10.6 Å². The van der Waals surface area contributed by atoms with Gasteiger partial charge in [0.15, 0.2) is 0 Å². The van der Waals surface area contributed by atoms with Gasteiger partial charge < -0.3 is 15.7 Å². The number of aliphatic hydroxyl groups excluding tert-OH is 1. The molecule has 1 heterocycles. The maximum absolute atomic E-state index is 9.35. The van der Waals surface area contributed by atoms with E-state index in [-0.39, 0.29) is 6.10 Å². The molecule has 3 heteroatoms. The minimum Gasteiger partial charge on any atom is -0.397 e. The van der Waals surface area contributed by atoms with Gasteiger partial charge in [-0.2, -0.15) is 0 Å². The smallest absolute Gasteiger partial charge is 0.0687 e. The second kappa shape index (κ2) is 3.50. The van der Waals surface area contributed by atoms with Crippen molar-refractivity contribution in [3.8, 4) is 0 Å². The second-order valence-electron chi connectivity index (χ2n) is 3.90. The first-order valence-corrected chi connectivity index (χ1v) is 4.99. The van der Waals surface area contributed by atoms with Crippen LogP contribution in [-0.2, 0) is 6.42 Å². The van der Waals surface area contributed by atoms with E-state index in [0.29, 0.717) is 6.54 Å². The number of β-amino-alcohol motifs (C(OH)–C–C–N with tert-alkyl or cyclic N) is 1. The van der Waals surface area contributed by atoms with Crippen LogP contribution in [0.5, 0.6) is 0 Å². The number of aliphatic hydroxyl groups is 1. The van der Waals surface area contributed by atoms with Gasteiger partial charge in [0.25, 0.3) is 0 Å². The molecule has 0 amide bonds. The summed E-state index contributed by atoms with van der Waals surface area (Å²) in [6.07, 6.45) is 0.730. The number of benzene rings is 1. The molecule has 0 radical (unpaired) electrons. The summed E-state index contributed by atoms with van der Waals surface area (Å²) in [5, 5.41) is 9.35. The topological polar surface area (TPSA) is 49.5 Å². The van der Waals surface area contributed by atoms with E-state index in [1.54, 1.807) is 6.92 Å². The van der Waals surface area contributed by atoms with E-state index >= 15 is 0 Å². The number of hydrogen-bond donors (Lipinski definition) is 2. The van der Waals surface area contributed by atoms with Gasteiger partial charge in [-0.3, -0.25) is 0 Å². The van der Waals surface area contributed by atoms with Gasteiger partial charge in [-0.15, -0.1) is 0 Å². The van der Waals surface area contributed by atoms with Crippen molar-refractivity contribution in [3.05, 3.63) is 23.8 Å². The molecule has 1 aliphatic heterocycles. The van der Waals surface area contributed by atoms with Crippen LogP contribution in [0.1, 0.15) is 12.5 Å². The van der Waals surface area contributed by atoms with Crippen LogP contribution in [0.15, 0.2) is 18.2 Å². The summed E-state index contributed by atoms with van der Waals surface area (Å²) in [7, 11) is 0. The van der Waals surface area contributed by atoms with Crippen molar-refractivity contribution in [2.75, 3.05) is 23.7 Å². The number of hydrogen-bond acceptors (Lipinski definition) is 3. The molecular formula is C11H16N2O. The van der Waals surface area contributed by atoms with Gasteiger partial charge in [0.2, 0.25) is 0 Å². The molecule has 1 aliphatic rings. The highest BCUT2D eigenvalue weighted by Crippen LogP contribution is 2.33. The van der Waals surface area contributed by atoms with Crippen molar-refractivity contribution in [1.29, 1.82) is 0 Å². The summed E-state index contributed by atoms with van der Waals surface area (Å²) < 4.78 is 0. The molecular weight excluding hydrogens is 176 g/mol. The molecule has 14 heavy (non-hydrogen) atoms. The molecule has 1 atom stereocenters. The van der Waals surface area contributed by atoms with Crippen molar-refractivity contribution in [2.24, 2.45) is 0 Å². The standard InChI is InChI=1S/C11H16N2O/c1-8(14)7-13-6-5-9-3-2-4-10(12)11(9)13/h2-4,8,14H,5-7,12H2,1H3. The van der Waals surface area contributed by atoms with E-state index in [0.717, 1.165) is 24.3 Å². The molecule has 1 aromatic carbocycles. The van der Waals surface area contributed by atoms with Crippen molar-refractivity contribution in [1.82, 2.24) is 0 Å². The fourth-order valence-corrected chi connectivity index (χ4v) is 2.07. The lowest BCUT2D eigenvalue weighted by Gasteiger charge is -2.22. The lowest BCUT2D eigenvalue weighted by Crippen LogP contribution is -2.29. The third-order valence-electron chi connectivity index (χ3n) is 2.60. The Morgan fingerprint density at radius 3 is 3.07 bits per heavy atom. The third kappa shape index (κ3) is 1.55. The molecule has 0 bridgehead atoms. The third-order valence-corrected chi connectivity index (χ3v) is 2.60. The number of nitrogen functional groups attached to an aromatic ring is 1. The van der Waals surface area contributed by atoms with E-state index in [4.69, 9.17) is 5.73 Å². The predicted molar refractivity (Wildman–Crippen MR) is 58.5 cm³/mol. The summed E-state index contributed by atoms with van der Waals surface area (Å²) in [5.41, 5.74) is 9.15. The largest absolute Gasteiger partial charge is 0.397 e. The molecule has 1 aromatic rings. The lowest BCUT2D eigenvalue weighted by atomic mass is 10.1. The SMILES string of the molecule is CC(O)CN1CCc2cccc(N)c21. The molecule has 3 N–H and O–H groups in total. The van der Waals surface area contributed by atoms with Crippen LogP contribution in [0.25, 0.3) is 0 Å². The highest BCUT2D eigenvalue weighted by molar-refractivity contribution is 5.74. The van der Waals surface area contributed by atoms with Gasteiger partial charge in [0.1, 0.15) is 0 Å². The van der Waals surface area contributed by atoms with Crippen LogP contribution in [0.4, 0.5) is 11.4 Å². The monoisotopic (exact) mass is 192 g/mol. The number of anilines is 2. The molecule has 0 saturated heterocycles. The molecule has 0 spiro atoms. The molecule has 0 aromatic heterocycles. The van der Waals surface area contributed by atoms with E-state index in [2.05, 4.69) is 11.0 Å². The molecule has 76 valence electrons. The van der Waals surface area contributed by atoms with Crippen LogP contribution >= 0.6 is 0 Å². The normalized spacial score (nSPS) is 16.9. The zero-order valence-corrected chi connectivity index (χ0v) is 8.40. The van der Waals surface area contributed by atoms with Crippen LogP contribution in [-0.4, -0.2) is 24.3 Å². The van der Waals surface area contributed by atoms with Gasteiger partial charge in [0.05, 0.1) is 17.5 Å². The summed E-state index contributed by atoms with van der Waals surface area (Å²) in [5.74, 6) is 0. The summed E-state index contributed by atoms with van der Waals surface area (Å²) in [6.45, 7) is 3.44. The average molecular weight is 192 g/mol. The quantitative estimate of drug-likeness (QED) is 0.688. The van der Waals surface area contributed by atoms with E-state index in [9.17, 15) is 5.11 Å². The Hall–Kier alpha value is -1.22. The van der Waals surface area contributed by atoms with Crippen molar-refractivity contribution in [2.45, 2.75) is 19.4 Å². The first kappa shape index (κ1) is 9.34. The van der Waals surface area contributed by atoms with Gasteiger partial charge in [0, 0.05) is 13.1 Å². The van der Waals surface area contributed by atoms with Crippen LogP contribution in [0, 0.1) is 0 Å². The summed E-state index contributed by atoms with van der Waals surface area (Å²) in [6, 6.07) is 6.01. The Labute approximate surface area is 84.1 Å². The van der Waals surface area contributed by atoms with Crippen molar-refractivity contribution in [3.63, 3.8) is 0 Å². The first-order valence-electron chi connectivity index (χ1n) is 4.99. The second-order valence-corrected chi connectivity index (χ2v) is 3.90. The Balaban J connectivity index is 2.29. The summed E-state index contributed by atoms with van der Waals surface area (Å²) in [4.78, 5) is 2.16. The minimum atomic E-state index is -0.305. The number of nitrogens with two attached hydrogens (primary N) is 1. The number of rotatable bonds is 2. The lowest BCUT2D eigenvalue weighted by molar-refractivity contribution is 0.200. The van der Waals surface area contributed by atoms with E-state index < -0.39 is 0 Å². The van der Waals surface area contributed by atoms with Gasteiger partial charge in [-0.1, -0.05) is 12.1 Å². The number of fused-ring (bicyclic) bond motifs is 1. The van der Waals surface area contributed by atoms with Crippen LogP contribution in [0.3, 0.4) is 0 Å². The van der Waals surface area contributed by atoms with E-state index in [1.165, 1.54) is 5.56 Å². The van der Waals surface area contributed by atoms with Gasteiger partial charge in [-0.05, 0) is 25.0 Å². The van der Waals surface area contributed by atoms with Crippen molar-refractivity contribution >= 4 is 11.4 Å². The number of para-hydroxylation sites is 1. The van der Waals surface area contributed by atoms with Gasteiger partial charge in [-0.25, -0.2) is 0 Å². The summed E-state index contributed by atoms with van der Waals surface area (Å²) >= 11 is 0. The highest BCUT2D eigenvalue weighted by atomic mass is 16.3. The molecule has 0 aliphatic carbocycles. The van der Waals surface area contributed by atoms with E-state index in [1.807, 2.05) is 12.1 Å². The zero-order valence-electron chi connectivity index (χ0n) is 8.40. The Morgan fingerprint density at radius 1 is 1.57 bits per heavy atom. The minimum absolute atomic E-state index is 0.305. The fourth-order valence-electron chi connectivity index (χ4n) is 2.07. The molecule has 0 fully saturated rings. The predicted octanol–water partition coefficient (Wildman–Crippen LogP) is 1.01. The Bertz CT molecular complexity index is 336. The van der Waals surface area contributed by atoms with Crippen molar-refractivity contribution < 1.29 is 5.11 Å². The van der Waals surface area contributed by atoms with Crippen LogP contribution in [0.2, 0.25) is 0 Å². The molecule has 0 saturated carbocycles. The fraction of sp³-hybridized carbons (Fsp3) is 0.455. The maximum Gasteiger partial charge on any atom is 0.0687 e. The van der Waals surface area contributed by atoms with Gasteiger partial charge >= 0.3 is 0 Å². The zero-order chi connectivity index (χ0) is 10.1. The Morgan fingerprint density at radius 2 is 2.36 bits per heavy atom. The average Bonchev–Trinajstić information content (AvgIpc) is 2.49. The molecule has 3 nitrogen and oxygen atoms in total. The highest BCUT2D eigenvalue weighted by Gasteiger charge is 2.21. The molecule has 1 unspecified atom stereocenters.